The van der Waals surface area contributed by atoms with Crippen molar-refractivity contribution in [3.8, 4) is 34.7 Å². The van der Waals surface area contributed by atoms with Crippen LogP contribution in [0.2, 0.25) is 0 Å². The van der Waals surface area contributed by atoms with E-state index in [1.54, 1.807) is 62.8 Å². The molecule has 1 N–H and O–H groups in total. The van der Waals surface area contributed by atoms with Crippen LogP contribution in [-0.2, 0) is 17.9 Å². The van der Waals surface area contributed by atoms with Crippen LogP contribution in [0.15, 0.2) is 76.8 Å². The Morgan fingerprint density at radius 1 is 1.00 bits per heavy atom. The SMILES string of the molecule is CCn1c(S/C(=C\c2ccc(OCc3ccc(C#N)cc3)cc2)C(=O)O)nnc1-c1cc(OC)cc(OC)c1. The van der Waals surface area contributed by atoms with Gasteiger partial charge in [0.15, 0.2) is 11.0 Å². The molecular weight excluding hydrogens is 516 g/mol. The number of hydrogen-bond donors (Lipinski definition) is 1. The molecular formula is C29H26N4O5S. The summed E-state index contributed by atoms with van der Waals surface area (Å²) in [7, 11) is 3.14. The van der Waals surface area contributed by atoms with Gasteiger partial charge in [0.25, 0.3) is 0 Å². The smallest absolute Gasteiger partial charge is 0.342 e. The fourth-order valence-electron chi connectivity index (χ4n) is 3.69. The predicted molar refractivity (Wildman–Crippen MR) is 148 cm³/mol. The van der Waals surface area contributed by atoms with Crippen LogP contribution in [0, 0.1) is 11.3 Å². The summed E-state index contributed by atoms with van der Waals surface area (Å²) in [5.74, 6) is 1.37. The van der Waals surface area contributed by atoms with E-state index in [4.69, 9.17) is 19.5 Å². The van der Waals surface area contributed by atoms with Crippen molar-refractivity contribution in [2.75, 3.05) is 14.2 Å². The summed E-state index contributed by atoms with van der Waals surface area (Å²) in [6, 6.07) is 21.8. The summed E-state index contributed by atoms with van der Waals surface area (Å²) in [6.07, 6.45) is 1.58. The summed E-state index contributed by atoms with van der Waals surface area (Å²) in [6.45, 7) is 2.82. The first-order chi connectivity index (χ1) is 18.9. The lowest BCUT2D eigenvalue weighted by molar-refractivity contribution is -0.131. The fraction of sp³-hybridized carbons (Fsp3) is 0.172. The van der Waals surface area contributed by atoms with Crippen molar-refractivity contribution in [3.63, 3.8) is 0 Å². The zero-order valence-corrected chi connectivity index (χ0v) is 22.4. The van der Waals surface area contributed by atoms with Gasteiger partial charge >= 0.3 is 5.97 Å². The van der Waals surface area contributed by atoms with Crippen LogP contribution in [0.5, 0.6) is 17.2 Å². The Balaban J connectivity index is 1.51. The molecule has 0 fully saturated rings. The number of rotatable bonds is 11. The molecule has 0 saturated carbocycles. The highest BCUT2D eigenvalue weighted by molar-refractivity contribution is 8.04. The number of aromatic nitrogens is 3. The van der Waals surface area contributed by atoms with Crippen LogP contribution < -0.4 is 14.2 Å². The lowest BCUT2D eigenvalue weighted by Crippen LogP contribution is -2.03. The molecule has 0 aliphatic carbocycles. The number of ether oxygens (including phenoxy) is 3. The van der Waals surface area contributed by atoms with Crippen LogP contribution in [-0.4, -0.2) is 40.1 Å². The van der Waals surface area contributed by atoms with Gasteiger partial charge in [-0.3, -0.25) is 0 Å². The predicted octanol–water partition coefficient (Wildman–Crippen LogP) is 5.65. The number of carboxylic acids is 1. The van der Waals surface area contributed by atoms with Crippen molar-refractivity contribution >= 4 is 23.8 Å². The molecule has 1 heterocycles. The third kappa shape index (κ3) is 6.77. The van der Waals surface area contributed by atoms with Crippen LogP contribution >= 0.6 is 11.8 Å². The van der Waals surface area contributed by atoms with Crippen molar-refractivity contribution in [2.24, 2.45) is 0 Å². The highest BCUT2D eigenvalue weighted by Crippen LogP contribution is 2.33. The Morgan fingerprint density at radius 2 is 1.67 bits per heavy atom. The number of carbonyl (C=O) groups is 1. The molecule has 0 atom stereocenters. The number of benzene rings is 3. The Bertz CT molecular complexity index is 1500. The topological polar surface area (TPSA) is 119 Å². The molecule has 0 bridgehead atoms. The van der Waals surface area contributed by atoms with E-state index in [2.05, 4.69) is 16.3 Å². The Kier molecular flexibility index (Phi) is 8.86. The molecule has 0 spiro atoms. The molecule has 1 aromatic heterocycles. The minimum Gasteiger partial charge on any atom is -0.497 e. The fourth-order valence-corrected chi connectivity index (χ4v) is 4.57. The largest absolute Gasteiger partial charge is 0.497 e. The summed E-state index contributed by atoms with van der Waals surface area (Å²) < 4.78 is 18.4. The molecule has 4 rings (SSSR count). The van der Waals surface area contributed by atoms with Gasteiger partial charge < -0.3 is 23.9 Å². The van der Waals surface area contributed by atoms with E-state index in [0.29, 0.717) is 52.5 Å². The minimum atomic E-state index is -1.07. The number of hydrogen-bond acceptors (Lipinski definition) is 8. The molecule has 4 aromatic rings. The van der Waals surface area contributed by atoms with Gasteiger partial charge in [-0.05, 0) is 72.3 Å². The average Bonchev–Trinajstić information content (AvgIpc) is 3.38. The van der Waals surface area contributed by atoms with Gasteiger partial charge in [-0.2, -0.15) is 5.26 Å². The van der Waals surface area contributed by atoms with Crippen molar-refractivity contribution in [1.82, 2.24) is 14.8 Å². The van der Waals surface area contributed by atoms with E-state index in [9.17, 15) is 9.90 Å². The van der Waals surface area contributed by atoms with Crippen LogP contribution in [0.4, 0.5) is 0 Å². The maximum absolute atomic E-state index is 12.1. The summed E-state index contributed by atoms with van der Waals surface area (Å²) in [5, 5.41) is 27.8. The quantitative estimate of drug-likeness (QED) is 0.189. The van der Waals surface area contributed by atoms with Crippen molar-refractivity contribution < 1.29 is 24.1 Å². The number of nitriles is 1. The first-order valence-electron chi connectivity index (χ1n) is 12.0. The molecule has 0 radical (unpaired) electrons. The van der Waals surface area contributed by atoms with Crippen molar-refractivity contribution in [2.45, 2.75) is 25.2 Å². The molecule has 0 amide bonds. The highest BCUT2D eigenvalue weighted by Gasteiger charge is 2.19. The van der Waals surface area contributed by atoms with E-state index < -0.39 is 5.97 Å². The second-order valence-corrected chi connectivity index (χ2v) is 9.24. The third-order valence-corrected chi connectivity index (χ3v) is 6.72. The van der Waals surface area contributed by atoms with E-state index in [0.717, 1.165) is 22.9 Å². The maximum Gasteiger partial charge on any atom is 0.342 e. The van der Waals surface area contributed by atoms with Crippen LogP contribution in [0.1, 0.15) is 23.6 Å². The second kappa shape index (κ2) is 12.7. The molecule has 10 heteroatoms. The Labute approximate surface area is 230 Å². The summed E-state index contributed by atoms with van der Waals surface area (Å²) in [4.78, 5) is 12.2. The van der Waals surface area contributed by atoms with Gasteiger partial charge in [0, 0.05) is 18.2 Å². The lowest BCUT2D eigenvalue weighted by atomic mass is 10.1. The van der Waals surface area contributed by atoms with Gasteiger partial charge in [-0.15, -0.1) is 10.2 Å². The minimum absolute atomic E-state index is 0.0955. The number of nitrogens with zero attached hydrogens (tertiary/aromatic N) is 4. The van der Waals surface area contributed by atoms with Gasteiger partial charge in [-0.25, -0.2) is 4.79 Å². The maximum atomic E-state index is 12.1. The molecule has 0 unspecified atom stereocenters. The van der Waals surface area contributed by atoms with Gasteiger partial charge in [0.1, 0.15) is 28.8 Å². The van der Waals surface area contributed by atoms with E-state index >= 15 is 0 Å². The lowest BCUT2D eigenvalue weighted by Gasteiger charge is -2.10. The third-order valence-electron chi connectivity index (χ3n) is 5.72. The molecule has 0 aliphatic heterocycles. The standard InChI is InChI=1S/C29H26N4O5S/c1-4-33-27(22-14-24(36-2)16-25(15-22)37-3)31-32-29(33)39-26(28(34)35)13-19-9-11-23(12-10-19)38-18-21-7-5-20(17-30)6-8-21/h5-16H,4,18H2,1-3H3,(H,34,35)/b26-13-. The van der Waals surface area contributed by atoms with E-state index in [1.165, 1.54) is 0 Å². The number of carboxylic acid groups (broad SMARTS) is 1. The number of thioether (sulfide) groups is 1. The summed E-state index contributed by atoms with van der Waals surface area (Å²) >= 11 is 1.03. The number of methoxy groups -OCH3 is 2. The normalized spacial score (nSPS) is 11.1. The molecule has 3 aromatic carbocycles. The van der Waals surface area contributed by atoms with Crippen LogP contribution in [0.3, 0.4) is 0 Å². The zero-order valence-electron chi connectivity index (χ0n) is 21.6. The molecule has 9 nitrogen and oxygen atoms in total. The van der Waals surface area contributed by atoms with Gasteiger partial charge in [0.05, 0.1) is 25.9 Å². The highest BCUT2D eigenvalue weighted by atomic mass is 32.2. The molecule has 0 aliphatic rings. The van der Waals surface area contributed by atoms with Gasteiger partial charge in [-0.1, -0.05) is 24.3 Å². The van der Waals surface area contributed by atoms with Crippen molar-refractivity contribution in [1.29, 1.82) is 5.26 Å². The zero-order chi connectivity index (χ0) is 27.8. The molecule has 39 heavy (non-hydrogen) atoms. The number of aliphatic carboxylic acids is 1. The van der Waals surface area contributed by atoms with E-state index in [1.807, 2.05) is 35.8 Å². The molecule has 198 valence electrons. The molecule has 0 saturated heterocycles. The first kappa shape index (κ1) is 27.3. The van der Waals surface area contributed by atoms with E-state index in [-0.39, 0.29) is 4.91 Å². The monoisotopic (exact) mass is 542 g/mol. The second-order valence-electron chi connectivity index (χ2n) is 8.23. The Hall–Kier alpha value is -4.75. The Morgan fingerprint density at radius 3 is 2.23 bits per heavy atom. The van der Waals surface area contributed by atoms with Crippen molar-refractivity contribution in [3.05, 3.63) is 88.3 Å². The average molecular weight is 543 g/mol. The van der Waals surface area contributed by atoms with Crippen LogP contribution in [0.25, 0.3) is 17.5 Å². The summed E-state index contributed by atoms with van der Waals surface area (Å²) in [5.41, 5.74) is 2.97. The van der Waals surface area contributed by atoms with Gasteiger partial charge in [0.2, 0.25) is 0 Å². The first-order valence-corrected chi connectivity index (χ1v) is 12.8.